The fourth-order valence-electron chi connectivity index (χ4n) is 3.57. The second-order valence-electron chi connectivity index (χ2n) is 6.45. The molecular formula is C18H25N3O2. The molecule has 1 fully saturated rings. The highest BCUT2D eigenvalue weighted by Crippen LogP contribution is 2.25. The van der Waals surface area contributed by atoms with Crippen LogP contribution in [0.25, 0.3) is 5.65 Å². The van der Waals surface area contributed by atoms with Gasteiger partial charge in [0.05, 0.1) is 23.4 Å². The van der Waals surface area contributed by atoms with E-state index in [0.29, 0.717) is 17.8 Å². The lowest BCUT2D eigenvalue weighted by Gasteiger charge is -2.37. The summed E-state index contributed by atoms with van der Waals surface area (Å²) < 4.78 is 1.89. The maximum Gasteiger partial charge on any atom is 0.257 e. The molecule has 0 spiro atoms. The van der Waals surface area contributed by atoms with E-state index < -0.39 is 6.10 Å². The van der Waals surface area contributed by atoms with Gasteiger partial charge in [0.2, 0.25) is 0 Å². The van der Waals surface area contributed by atoms with Crippen molar-refractivity contribution >= 4 is 11.6 Å². The molecule has 1 saturated carbocycles. The van der Waals surface area contributed by atoms with Crippen LogP contribution in [-0.4, -0.2) is 44.0 Å². The molecule has 23 heavy (non-hydrogen) atoms. The lowest BCUT2D eigenvalue weighted by atomic mass is 9.91. The zero-order valence-corrected chi connectivity index (χ0v) is 13.9. The number of amides is 1. The van der Waals surface area contributed by atoms with Crippen LogP contribution in [0.3, 0.4) is 0 Å². The fraction of sp³-hybridized carbons (Fsp3) is 0.556. The number of hydrogen-bond acceptors (Lipinski definition) is 3. The van der Waals surface area contributed by atoms with Crippen molar-refractivity contribution in [3.63, 3.8) is 0 Å². The Balaban J connectivity index is 1.96. The molecule has 0 bridgehead atoms. The SMILES string of the molecule is CCCN(C(=O)c1cccn2cc(C)nc12)[C@@H]1CCCC[C@H]1O. The Kier molecular flexibility index (Phi) is 4.66. The molecule has 0 aromatic carbocycles. The van der Waals surface area contributed by atoms with Crippen LogP contribution in [0.2, 0.25) is 0 Å². The Labute approximate surface area is 136 Å². The monoisotopic (exact) mass is 315 g/mol. The third kappa shape index (κ3) is 3.11. The molecule has 0 unspecified atom stereocenters. The number of nitrogens with zero attached hydrogens (tertiary/aromatic N) is 3. The summed E-state index contributed by atoms with van der Waals surface area (Å²) in [6, 6.07) is 3.64. The van der Waals surface area contributed by atoms with Crippen LogP contribution < -0.4 is 0 Å². The van der Waals surface area contributed by atoms with Gasteiger partial charge < -0.3 is 14.4 Å². The van der Waals surface area contributed by atoms with Crippen molar-refractivity contribution in [2.75, 3.05) is 6.54 Å². The summed E-state index contributed by atoms with van der Waals surface area (Å²) in [5, 5.41) is 10.4. The van der Waals surface area contributed by atoms with Gasteiger partial charge in [-0.3, -0.25) is 4.79 Å². The number of imidazole rings is 1. The molecule has 1 aliphatic carbocycles. The number of carbonyl (C=O) groups excluding carboxylic acids is 1. The van der Waals surface area contributed by atoms with Crippen molar-refractivity contribution in [1.82, 2.24) is 14.3 Å². The van der Waals surface area contributed by atoms with Gasteiger partial charge in [0.1, 0.15) is 5.65 Å². The molecule has 2 atom stereocenters. The van der Waals surface area contributed by atoms with Crippen LogP contribution >= 0.6 is 0 Å². The first-order valence-electron chi connectivity index (χ1n) is 8.55. The number of fused-ring (bicyclic) bond motifs is 1. The summed E-state index contributed by atoms with van der Waals surface area (Å²) >= 11 is 0. The lowest BCUT2D eigenvalue weighted by molar-refractivity contribution is 0.0179. The first-order chi connectivity index (χ1) is 11.1. The molecule has 1 amide bonds. The van der Waals surface area contributed by atoms with E-state index in [1.165, 1.54) is 0 Å². The number of carbonyl (C=O) groups is 1. The van der Waals surface area contributed by atoms with Gasteiger partial charge in [-0.25, -0.2) is 4.98 Å². The summed E-state index contributed by atoms with van der Waals surface area (Å²) in [5.41, 5.74) is 2.21. The van der Waals surface area contributed by atoms with E-state index in [4.69, 9.17) is 0 Å². The Morgan fingerprint density at radius 1 is 1.43 bits per heavy atom. The van der Waals surface area contributed by atoms with E-state index in [9.17, 15) is 9.90 Å². The third-order valence-electron chi connectivity index (χ3n) is 4.65. The van der Waals surface area contributed by atoms with E-state index in [2.05, 4.69) is 11.9 Å². The number of aliphatic hydroxyl groups excluding tert-OH is 1. The number of pyridine rings is 1. The lowest BCUT2D eigenvalue weighted by Crippen LogP contribution is -2.49. The molecule has 2 aromatic rings. The Morgan fingerprint density at radius 3 is 2.96 bits per heavy atom. The molecule has 2 heterocycles. The normalized spacial score (nSPS) is 21.5. The zero-order chi connectivity index (χ0) is 16.4. The molecular weight excluding hydrogens is 290 g/mol. The molecule has 5 heteroatoms. The highest BCUT2D eigenvalue weighted by Gasteiger charge is 2.32. The van der Waals surface area contributed by atoms with E-state index in [1.54, 1.807) is 0 Å². The van der Waals surface area contributed by atoms with Gasteiger partial charge >= 0.3 is 0 Å². The number of hydrogen-bond donors (Lipinski definition) is 1. The van der Waals surface area contributed by atoms with Crippen molar-refractivity contribution in [3.8, 4) is 0 Å². The smallest absolute Gasteiger partial charge is 0.257 e. The molecule has 0 aliphatic heterocycles. The standard InChI is InChI=1S/C18H25N3O2/c1-3-10-21(15-8-4-5-9-16(15)22)18(23)14-7-6-11-20-12-13(2)19-17(14)20/h6-7,11-12,15-16,22H,3-5,8-10H2,1-2H3/t15-,16-/m1/s1. The molecule has 0 radical (unpaired) electrons. The Morgan fingerprint density at radius 2 is 2.22 bits per heavy atom. The molecule has 5 nitrogen and oxygen atoms in total. The first kappa shape index (κ1) is 16.0. The van der Waals surface area contributed by atoms with Crippen LogP contribution in [-0.2, 0) is 0 Å². The van der Waals surface area contributed by atoms with Crippen molar-refractivity contribution in [2.24, 2.45) is 0 Å². The number of rotatable bonds is 4. The van der Waals surface area contributed by atoms with Crippen molar-refractivity contribution in [1.29, 1.82) is 0 Å². The van der Waals surface area contributed by atoms with Gasteiger partial charge in [0.15, 0.2) is 0 Å². The molecule has 2 aromatic heterocycles. The first-order valence-corrected chi connectivity index (χ1v) is 8.55. The van der Waals surface area contributed by atoms with Crippen molar-refractivity contribution in [2.45, 2.75) is 58.1 Å². The second-order valence-corrected chi connectivity index (χ2v) is 6.45. The average Bonchev–Trinajstić information content (AvgIpc) is 2.93. The van der Waals surface area contributed by atoms with Gasteiger partial charge in [0, 0.05) is 18.9 Å². The second kappa shape index (κ2) is 6.71. The fourth-order valence-corrected chi connectivity index (χ4v) is 3.57. The van der Waals surface area contributed by atoms with Crippen molar-refractivity contribution in [3.05, 3.63) is 35.8 Å². The van der Waals surface area contributed by atoms with Crippen LogP contribution in [0, 0.1) is 6.92 Å². The van der Waals surface area contributed by atoms with Gasteiger partial charge in [0.25, 0.3) is 5.91 Å². The van der Waals surface area contributed by atoms with Crippen LogP contribution in [0.1, 0.15) is 55.1 Å². The summed E-state index contributed by atoms with van der Waals surface area (Å²) in [4.78, 5) is 19.5. The minimum Gasteiger partial charge on any atom is -0.391 e. The van der Waals surface area contributed by atoms with Gasteiger partial charge in [-0.1, -0.05) is 19.8 Å². The molecule has 3 rings (SSSR count). The van der Waals surface area contributed by atoms with Crippen molar-refractivity contribution < 1.29 is 9.90 Å². The summed E-state index contributed by atoms with van der Waals surface area (Å²) in [6.45, 7) is 4.66. The topological polar surface area (TPSA) is 57.8 Å². The van der Waals surface area contributed by atoms with Crippen LogP contribution in [0.15, 0.2) is 24.5 Å². The third-order valence-corrected chi connectivity index (χ3v) is 4.65. The minimum atomic E-state index is -0.416. The van der Waals surface area contributed by atoms with E-state index in [0.717, 1.165) is 37.8 Å². The number of aliphatic hydroxyl groups is 1. The van der Waals surface area contributed by atoms with Crippen LogP contribution in [0.5, 0.6) is 0 Å². The predicted octanol–water partition coefficient (Wildman–Crippen LogP) is 2.80. The maximum absolute atomic E-state index is 13.2. The average molecular weight is 315 g/mol. The number of aromatic nitrogens is 2. The largest absolute Gasteiger partial charge is 0.391 e. The minimum absolute atomic E-state index is 0.0194. The molecule has 124 valence electrons. The van der Waals surface area contributed by atoms with Crippen LogP contribution in [0.4, 0.5) is 0 Å². The van der Waals surface area contributed by atoms with E-state index in [-0.39, 0.29) is 11.9 Å². The quantitative estimate of drug-likeness (QED) is 0.944. The number of aryl methyl sites for hydroxylation is 1. The predicted molar refractivity (Wildman–Crippen MR) is 89.5 cm³/mol. The van der Waals surface area contributed by atoms with Gasteiger partial charge in [-0.15, -0.1) is 0 Å². The van der Waals surface area contributed by atoms with E-state index in [1.807, 2.05) is 40.8 Å². The highest BCUT2D eigenvalue weighted by atomic mass is 16.3. The Bertz CT molecular complexity index is 695. The van der Waals surface area contributed by atoms with Gasteiger partial charge in [-0.2, -0.15) is 0 Å². The molecule has 1 aliphatic rings. The summed E-state index contributed by atoms with van der Waals surface area (Å²) in [6.07, 6.45) is 8.07. The zero-order valence-electron chi connectivity index (χ0n) is 13.9. The Hall–Kier alpha value is -1.88. The molecule has 0 saturated heterocycles. The van der Waals surface area contributed by atoms with E-state index >= 15 is 0 Å². The molecule has 1 N–H and O–H groups in total. The maximum atomic E-state index is 13.2. The summed E-state index contributed by atoms with van der Waals surface area (Å²) in [5.74, 6) is -0.0194. The van der Waals surface area contributed by atoms with Gasteiger partial charge in [-0.05, 0) is 38.3 Å². The highest BCUT2D eigenvalue weighted by molar-refractivity contribution is 6.00. The summed E-state index contributed by atoms with van der Waals surface area (Å²) in [7, 11) is 0.